The SMILES string of the molecule is CCC(CC)NC1CCSc2ccc(F)cc21. The van der Waals surface area contributed by atoms with Crippen molar-refractivity contribution in [1.82, 2.24) is 5.32 Å². The Hall–Kier alpha value is -0.540. The third-order valence-corrected chi connectivity index (χ3v) is 4.56. The maximum absolute atomic E-state index is 13.3. The van der Waals surface area contributed by atoms with Crippen molar-refractivity contribution in [2.24, 2.45) is 0 Å². The molecule has 1 aromatic carbocycles. The molecule has 0 saturated heterocycles. The quantitative estimate of drug-likeness (QED) is 0.865. The van der Waals surface area contributed by atoms with E-state index in [2.05, 4.69) is 19.2 Å². The second-order valence-electron chi connectivity index (χ2n) is 4.55. The van der Waals surface area contributed by atoms with Gasteiger partial charge in [-0.1, -0.05) is 13.8 Å². The van der Waals surface area contributed by atoms with Crippen LogP contribution in [-0.2, 0) is 0 Å². The second-order valence-corrected chi connectivity index (χ2v) is 5.69. The number of nitrogens with one attached hydrogen (secondary N) is 1. The monoisotopic (exact) mass is 253 g/mol. The highest BCUT2D eigenvalue weighted by atomic mass is 32.2. The van der Waals surface area contributed by atoms with Crippen molar-refractivity contribution in [2.75, 3.05) is 5.75 Å². The van der Waals surface area contributed by atoms with Crippen LogP contribution >= 0.6 is 11.8 Å². The number of fused-ring (bicyclic) bond motifs is 1. The number of halogens is 1. The first-order valence-electron chi connectivity index (χ1n) is 6.42. The van der Waals surface area contributed by atoms with Gasteiger partial charge in [0.2, 0.25) is 0 Å². The van der Waals surface area contributed by atoms with Crippen molar-refractivity contribution in [3.05, 3.63) is 29.6 Å². The van der Waals surface area contributed by atoms with Crippen LogP contribution in [0.5, 0.6) is 0 Å². The van der Waals surface area contributed by atoms with Crippen LogP contribution in [0.1, 0.15) is 44.7 Å². The normalized spacial score (nSPS) is 19.4. The molecule has 1 aliphatic heterocycles. The van der Waals surface area contributed by atoms with Crippen LogP contribution in [0.15, 0.2) is 23.1 Å². The van der Waals surface area contributed by atoms with Crippen LogP contribution in [0.25, 0.3) is 0 Å². The first-order chi connectivity index (χ1) is 8.24. The largest absolute Gasteiger partial charge is 0.307 e. The Morgan fingerprint density at radius 1 is 1.41 bits per heavy atom. The lowest BCUT2D eigenvalue weighted by molar-refractivity contribution is 0.401. The summed E-state index contributed by atoms with van der Waals surface area (Å²) in [7, 11) is 0. The number of hydrogen-bond donors (Lipinski definition) is 1. The summed E-state index contributed by atoms with van der Waals surface area (Å²) < 4.78 is 13.3. The van der Waals surface area contributed by atoms with Gasteiger partial charge < -0.3 is 5.32 Å². The fourth-order valence-corrected chi connectivity index (χ4v) is 3.45. The van der Waals surface area contributed by atoms with Gasteiger partial charge in [0, 0.05) is 17.0 Å². The lowest BCUT2D eigenvalue weighted by Crippen LogP contribution is -2.33. The Labute approximate surface area is 107 Å². The van der Waals surface area contributed by atoms with Gasteiger partial charge in [0.1, 0.15) is 5.82 Å². The third kappa shape index (κ3) is 3.02. The zero-order valence-corrected chi connectivity index (χ0v) is 11.3. The van der Waals surface area contributed by atoms with Crippen LogP contribution in [-0.4, -0.2) is 11.8 Å². The Bertz CT molecular complexity index is 376. The maximum atomic E-state index is 13.3. The molecule has 2 rings (SSSR count). The lowest BCUT2D eigenvalue weighted by Gasteiger charge is -2.29. The topological polar surface area (TPSA) is 12.0 Å². The standard InChI is InChI=1S/C14H20FNS/c1-3-11(4-2)16-13-7-8-17-14-6-5-10(15)9-12(13)14/h5-6,9,11,13,16H,3-4,7-8H2,1-2H3. The second kappa shape index (κ2) is 5.87. The first kappa shape index (κ1) is 12.9. The summed E-state index contributed by atoms with van der Waals surface area (Å²) in [6.45, 7) is 4.40. The summed E-state index contributed by atoms with van der Waals surface area (Å²) >= 11 is 1.84. The molecule has 0 saturated carbocycles. The van der Waals surface area contributed by atoms with E-state index in [0.29, 0.717) is 12.1 Å². The Morgan fingerprint density at radius 2 is 2.18 bits per heavy atom. The van der Waals surface area contributed by atoms with Crippen molar-refractivity contribution < 1.29 is 4.39 Å². The minimum absolute atomic E-state index is 0.123. The highest BCUT2D eigenvalue weighted by molar-refractivity contribution is 7.99. The van der Waals surface area contributed by atoms with Crippen LogP contribution in [0, 0.1) is 5.82 Å². The smallest absolute Gasteiger partial charge is 0.123 e. The summed E-state index contributed by atoms with van der Waals surface area (Å²) in [5, 5.41) is 3.66. The molecule has 3 heteroatoms. The maximum Gasteiger partial charge on any atom is 0.123 e. The van der Waals surface area contributed by atoms with Gasteiger partial charge in [-0.2, -0.15) is 0 Å². The van der Waals surface area contributed by atoms with Crippen LogP contribution in [0.4, 0.5) is 4.39 Å². The predicted octanol–water partition coefficient (Wildman–Crippen LogP) is 4.14. The molecule has 0 bridgehead atoms. The summed E-state index contributed by atoms with van der Waals surface area (Å²) in [5.41, 5.74) is 1.15. The highest BCUT2D eigenvalue weighted by Gasteiger charge is 2.22. The molecule has 94 valence electrons. The zero-order valence-electron chi connectivity index (χ0n) is 10.5. The van der Waals surface area contributed by atoms with Gasteiger partial charge in [0.05, 0.1) is 0 Å². The molecule has 0 aliphatic carbocycles. The lowest BCUT2D eigenvalue weighted by atomic mass is 10.0. The predicted molar refractivity (Wildman–Crippen MR) is 72.0 cm³/mol. The Balaban J connectivity index is 2.18. The molecular weight excluding hydrogens is 233 g/mol. The minimum Gasteiger partial charge on any atom is -0.307 e. The van der Waals surface area contributed by atoms with E-state index in [1.54, 1.807) is 12.1 Å². The fourth-order valence-electron chi connectivity index (χ4n) is 2.35. The van der Waals surface area contributed by atoms with E-state index in [0.717, 1.165) is 30.6 Å². The van der Waals surface area contributed by atoms with Crippen molar-refractivity contribution in [3.63, 3.8) is 0 Å². The van der Waals surface area contributed by atoms with Gasteiger partial charge in [-0.25, -0.2) is 4.39 Å². The average Bonchev–Trinajstić information content (AvgIpc) is 2.36. The van der Waals surface area contributed by atoms with E-state index in [-0.39, 0.29) is 5.82 Å². The number of thioether (sulfide) groups is 1. The molecule has 0 aromatic heterocycles. The molecule has 0 radical (unpaired) electrons. The number of rotatable bonds is 4. The van der Waals surface area contributed by atoms with Gasteiger partial charge in [0.15, 0.2) is 0 Å². The first-order valence-corrected chi connectivity index (χ1v) is 7.41. The summed E-state index contributed by atoms with van der Waals surface area (Å²) in [4.78, 5) is 1.24. The molecule has 1 heterocycles. The molecule has 1 aliphatic rings. The minimum atomic E-state index is -0.123. The molecule has 17 heavy (non-hydrogen) atoms. The Kier molecular flexibility index (Phi) is 4.46. The molecule has 1 aromatic rings. The summed E-state index contributed by atoms with van der Waals surface area (Å²) in [6.07, 6.45) is 3.35. The average molecular weight is 253 g/mol. The van der Waals surface area contributed by atoms with E-state index >= 15 is 0 Å². The third-order valence-electron chi connectivity index (χ3n) is 3.43. The molecule has 0 amide bonds. The van der Waals surface area contributed by atoms with E-state index in [1.165, 1.54) is 4.90 Å². The summed E-state index contributed by atoms with van der Waals surface area (Å²) in [5.74, 6) is 0.999. The summed E-state index contributed by atoms with van der Waals surface area (Å²) in [6, 6.07) is 6.04. The number of hydrogen-bond acceptors (Lipinski definition) is 2. The van der Waals surface area contributed by atoms with Crippen molar-refractivity contribution in [2.45, 2.75) is 50.1 Å². The van der Waals surface area contributed by atoms with Gasteiger partial charge in [-0.05, 0) is 48.8 Å². The molecule has 1 atom stereocenters. The van der Waals surface area contributed by atoms with Gasteiger partial charge in [0.25, 0.3) is 0 Å². The van der Waals surface area contributed by atoms with Crippen LogP contribution in [0.2, 0.25) is 0 Å². The van der Waals surface area contributed by atoms with E-state index in [4.69, 9.17) is 0 Å². The molecule has 1 N–H and O–H groups in total. The zero-order chi connectivity index (χ0) is 12.3. The van der Waals surface area contributed by atoms with Crippen molar-refractivity contribution in [3.8, 4) is 0 Å². The Morgan fingerprint density at radius 3 is 2.88 bits per heavy atom. The van der Waals surface area contributed by atoms with Crippen LogP contribution in [0.3, 0.4) is 0 Å². The van der Waals surface area contributed by atoms with Crippen molar-refractivity contribution in [1.29, 1.82) is 0 Å². The van der Waals surface area contributed by atoms with Gasteiger partial charge >= 0.3 is 0 Å². The highest BCUT2D eigenvalue weighted by Crippen LogP contribution is 2.36. The van der Waals surface area contributed by atoms with Crippen molar-refractivity contribution >= 4 is 11.8 Å². The number of benzene rings is 1. The molecule has 1 nitrogen and oxygen atoms in total. The fraction of sp³-hybridized carbons (Fsp3) is 0.571. The van der Waals surface area contributed by atoms with Crippen LogP contribution < -0.4 is 5.32 Å². The van der Waals surface area contributed by atoms with Gasteiger partial charge in [-0.15, -0.1) is 11.8 Å². The van der Waals surface area contributed by atoms with E-state index in [9.17, 15) is 4.39 Å². The molecule has 1 unspecified atom stereocenters. The molecule has 0 spiro atoms. The van der Waals surface area contributed by atoms with Gasteiger partial charge in [-0.3, -0.25) is 0 Å². The van der Waals surface area contributed by atoms with E-state index < -0.39 is 0 Å². The molecular formula is C14H20FNS. The molecule has 0 fully saturated rings. The van der Waals surface area contributed by atoms with E-state index in [1.807, 2.05) is 17.8 Å².